The summed E-state index contributed by atoms with van der Waals surface area (Å²) in [7, 11) is 0. The van der Waals surface area contributed by atoms with Gasteiger partial charge in [-0.25, -0.2) is 4.39 Å². The number of anilines is 1. The second kappa shape index (κ2) is 7.80. The molecule has 2 aromatic carbocycles. The zero-order chi connectivity index (χ0) is 18.7. The molecule has 1 aromatic heterocycles. The van der Waals surface area contributed by atoms with Gasteiger partial charge < -0.3 is 5.32 Å². The second-order valence-corrected chi connectivity index (χ2v) is 6.35. The summed E-state index contributed by atoms with van der Waals surface area (Å²) >= 11 is 12.1. The van der Waals surface area contributed by atoms with Gasteiger partial charge in [-0.05, 0) is 53.6 Å². The zero-order valence-electron chi connectivity index (χ0n) is 13.7. The molecular formula is C17H14Cl2FN5O. The number of tetrazole rings is 1. The molecule has 3 aromatic rings. The molecule has 0 saturated carbocycles. The van der Waals surface area contributed by atoms with Gasteiger partial charge in [0.05, 0.1) is 10.0 Å². The molecular weight excluding hydrogens is 380 g/mol. The van der Waals surface area contributed by atoms with Crippen LogP contribution in [0.4, 0.5) is 10.1 Å². The number of nitrogens with one attached hydrogen (secondary N) is 1. The van der Waals surface area contributed by atoms with Crippen molar-refractivity contribution in [2.75, 3.05) is 5.32 Å². The van der Waals surface area contributed by atoms with E-state index in [9.17, 15) is 9.18 Å². The van der Waals surface area contributed by atoms with Crippen LogP contribution in [-0.2, 0) is 11.2 Å². The molecule has 1 heterocycles. The Kier molecular flexibility index (Phi) is 5.49. The Labute approximate surface area is 158 Å². The van der Waals surface area contributed by atoms with Gasteiger partial charge in [0.2, 0.25) is 5.91 Å². The molecule has 26 heavy (non-hydrogen) atoms. The predicted octanol–water partition coefficient (Wildman–Crippen LogP) is 3.99. The minimum atomic E-state index is -0.496. The van der Waals surface area contributed by atoms with E-state index >= 15 is 0 Å². The second-order valence-electron chi connectivity index (χ2n) is 5.57. The highest BCUT2D eigenvalue weighted by Gasteiger charge is 2.12. The first kappa shape index (κ1) is 18.3. The lowest BCUT2D eigenvalue weighted by Gasteiger charge is -2.09. The fourth-order valence-corrected chi connectivity index (χ4v) is 2.83. The van der Waals surface area contributed by atoms with Gasteiger partial charge in [0.1, 0.15) is 11.5 Å². The maximum absolute atomic E-state index is 14.0. The van der Waals surface area contributed by atoms with Crippen LogP contribution in [-0.4, -0.2) is 26.1 Å². The van der Waals surface area contributed by atoms with Crippen LogP contribution in [0.1, 0.15) is 17.8 Å². The van der Waals surface area contributed by atoms with Crippen LogP contribution in [0.5, 0.6) is 0 Å². The molecule has 0 unspecified atom stereocenters. The van der Waals surface area contributed by atoms with Gasteiger partial charge in [-0.3, -0.25) is 4.79 Å². The topological polar surface area (TPSA) is 72.7 Å². The lowest BCUT2D eigenvalue weighted by molar-refractivity contribution is -0.116. The van der Waals surface area contributed by atoms with Crippen molar-refractivity contribution in [3.63, 3.8) is 0 Å². The Morgan fingerprint density at radius 1 is 1.27 bits per heavy atom. The van der Waals surface area contributed by atoms with Crippen molar-refractivity contribution in [2.24, 2.45) is 0 Å². The van der Waals surface area contributed by atoms with E-state index in [4.69, 9.17) is 23.2 Å². The Morgan fingerprint density at radius 3 is 2.81 bits per heavy atom. The average Bonchev–Trinajstić information content (AvgIpc) is 3.04. The Morgan fingerprint density at radius 2 is 2.08 bits per heavy atom. The number of carbonyl (C=O) groups excluding carboxylic acids is 1. The summed E-state index contributed by atoms with van der Waals surface area (Å²) in [6.45, 7) is 1.65. The van der Waals surface area contributed by atoms with E-state index in [1.807, 2.05) is 6.07 Å². The summed E-state index contributed by atoms with van der Waals surface area (Å²) in [5, 5.41) is 14.6. The molecule has 3 rings (SSSR count). The van der Waals surface area contributed by atoms with E-state index in [0.717, 1.165) is 5.56 Å². The molecule has 6 nitrogen and oxygen atoms in total. The van der Waals surface area contributed by atoms with Crippen molar-refractivity contribution in [1.29, 1.82) is 0 Å². The SMILES string of the molecule is Cc1nnnn1-c1cc(NC(=O)CCc2cccc(Cl)c2Cl)ccc1F. The third-order valence-corrected chi connectivity index (χ3v) is 4.59. The monoisotopic (exact) mass is 393 g/mol. The van der Waals surface area contributed by atoms with Gasteiger partial charge in [0, 0.05) is 12.1 Å². The minimum Gasteiger partial charge on any atom is -0.326 e. The summed E-state index contributed by atoms with van der Waals surface area (Å²) in [5.74, 6) is -0.292. The lowest BCUT2D eigenvalue weighted by Crippen LogP contribution is -2.13. The Hall–Kier alpha value is -2.51. The summed E-state index contributed by atoms with van der Waals surface area (Å²) in [6.07, 6.45) is 0.641. The van der Waals surface area contributed by atoms with Crippen molar-refractivity contribution in [1.82, 2.24) is 20.2 Å². The third kappa shape index (κ3) is 4.00. The van der Waals surface area contributed by atoms with Crippen molar-refractivity contribution in [3.05, 3.63) is 63.6 Å². The highest BCUT2D eigenvalue weighted by Crippen LogP contribution is 2.26. The van der Waals surface area contributed by atoms with Gasteiger partial charge in [-0.15, -0.1) is 5.10 Å². The molecule has 0 aliphatic heterocycles. The summed E-state index contributed by atoms with van der Waals surface area (Å²) in [4.78, 5) is 12.2. The smallest absolute Gasteiger partial charge is 0.224 e. The molecule has 134 valence electrons. The van der Waals surface area contributed by atoms with Crippen molar-refractivity contribution >= 4 is 34.8 Å². The van der Waals surface area contributed by atoms with Crippen molar-refractivity contribution in [3.8, 4) is 5.69 Å². The molecule has 1 N–H and O–H groups in total. The van der Waals surface area contributed by atoms with Gasteiger partial charge in [0.25, 0.3) is 0 Å². The average molecular weight is 394 g/mol. The number of aromatic nitrogens is 4. The summed E-state index contributed by atoms with van der Waals surface area (Å²) < 4.78 is 15.3. The molecule has 9 heteroatoms. The predicted molar refractivity (Wildman–Crippen MR) is 97.3 cm³/mol. The first-order chi connectivity index (χ1) is 12.5. The fourth-order valence-electron chi connectivity index (χ4n) is 2.42. The maximum Gasteiger partial charge on any atom is 0.224 e. The fraction of sp³-hybridized carbons (Fsp3) is 0.176. The van der Waals surface area contributed by atoms with E-state index in [-0.39, 0.29) is 18.0 Å². The minimum absolute atomic E-state index is 0.156. The van der Waals surface area contributed by atoms with Gasteiger partial charge in [-0.1, -0.05) is 35.3 Å². The molecule has 0 aliphatic rings. The van der Waals surface area contributed by atoms with Crippen LogP contribution in [0.3, 0.4) is 0 Å². The zero-order valence-corrected chi connectivity index (χ0v) is 15.2. The molecule has 0 spiro atoms. The molecule has 0 bridgehead atoms. The highest BCUT2D eigenvalue weighted by molar-refractivity contribution is 6.42. The number of halogens is 3. The van der Waals surface area contributed by atoms with E-state index in [1.54, 1.807) is 19.1 Å². The van der Waals surface area contributed by atoms with Gasteiger partial charge >= 0.3 is 0 Å². The molecule has 0 atom stereocenters. The number of amides is 1. The van der Waals surface area contributed by atoms with Crippen LogP contribution < -0.4 is 5.32 Å². The number of hydrogen-bond donors (Lipinski definition) is 1. The Bertz CT molecular complexity index is 960. The largest absolute Gasteiger partial charge is 0.326 e. The van der Waals surface area contributed by atoms with Crippen LogP contribution in [0.15, 0.2) is 36.4 Å². The van der Waals surface area contributed by atoms with Crippen LogP contribution >= 0.6 is 23.2 Å². The van der Waals surface area contributed by atoms with Crippen LogP contribution in [0.25, 0.3) is 5.69 Å². The van der Waals surface area contributed by atoms with Crippen molar-refractivity contribution < 1.29 is 9.18 Å². The number of aryl methyl sites for hydroxylation is 2. The number of hydrogen-bond acceptors (Lipinski definition) is 4. The molecule has 0 saturated heterocycles. The van der Waals surface area contributed by atoms with E-state index in [2.05, 4.69) is 20.8 Å². The lowest BCUT2D eigenvalue weighted by atomic mass is 10.1. The van der Waals surface area contributed by atoms with Crippen molar-refractivity contribution in [2.45, 2.75) is 19.8 Å². The standard InChI is InChI=1S/C17H14Cl2FN5O/c1-10-22-23-24-25(10)15-9-12(6-7-14(15)20)21-16(26)8-5-11-3-2-4-13(18)17(11)19/h2-4,6-7,9H,5,8H2,1H3,(H,21,26). The van der Waals surface area contributed by atoms with E-state index < -0.39 is 5.82 Å². The number of benzene rings is 2. The maximum atomic E-state index is 14.0. The Balaban J connectivity index is 1.70. The number of carbonyl (C=O) groups is 1. The van der Waals surface area contributed by atoms with Gasteiger partial charge in [-0.2, -0.15) is 4.68 Å². The highest BCUT2D eigenvalue weighted by atomic mass is 35.5. The van der Waals surface area contributed by atoms with Crippen LogP contribution in [0.2, 0.25) is 10.0 Å². The molecule has 0 radical (unpaired) electrons. The number of nitrogens with zero attached hydrogens (tertiary/aromatic N) is 4. The summed E-state index contributed by atoms with van der Waals surface area (Å²) in [6, 6.07) is 9.49. The van der Waals surface area contributed by atoms with Crippen LogP contribution in [0, 0.1) is 12.7 Å². The number of rotatable bonds is 5. The normalized spacial score (nSPS) is 10.8. The molecule has 1 amide bonds. The molecule has 0 fully saturated rings. The third-order valence-electron chi connectivity index (χ3n) is 3.74. The first-order valence-corrected chi connectivity index (χ1v) is 8.49. The van der Waals surface area contributed by atoms with E-state index in [0.29, 0.717) is 28.0 Å². The van der Waals surface area contributed by atoms with E-state index in [1.165, 1.54) is 22.9 Å². The summed E-state index contributed by atoms with van der Waals surface area (Å²) in [5.41, 5.74) is 1.39. The molecule has 0 aliphatic carbocycles. The first-order valence-electron chi connectivity index (χ1n) is 7.73. The quantitative estimate of drug-likeness (QED) is 0.711. The van der Waals surface area contributed by atoms with Gasteiger partial charge in [0.15, 0.2) is 5.82 Å².